The first kappa shape index (κ1) is 16.4. The smallest absolute Gasteiger partial charge is 0.337 e. The van der Waals surface area contributed by atoms with Crippen LogP contribution in [0.4, 0.5) is 4.39 Å². The zero-order valence-electron chi connectivity index (χ0n) is 12.6. The summed E-state index contributed by atoms with van der Waals surface area (Å²) in [7, 11) is -1.91. The van der Waals surface area contributed by atoms with Crippen molar-refractivity contribution >= 4 is 20.0 Å². The second-order valence-corrected chi connectivity index (χ2v) is 9.82. The number of carbonyl (C=O) groups is 1. The topological polar surface area (TPSA) is 35.5 Å². The first-order valence-electron chi connectivity index (χ1n) is 6.57. The van der Waals surface area contributed by atoms with E-state index in [0.29, 0.717) is 23.5 Å². The van der Waals surface area contributed by atoms with Gasteiger partial charge in [0.2, 0.25) is 8.32 Å². The molecule has 0 aliphatic heterocycles. The van der Waals surface area contributed by atoms with E-state index in [9.17, 15) is 9.18 Å². The predicted molar refractivity (Wildman–Crippen MR) is 80.1 cm³/mol. The van der Waals surface area contributed by atoms with Gasteiger partial charge >= 0.3 is 5.97 Å². The normalized spacial score (nSPS) is 12.7. The van der Waals surface area contributed by atoms with Crippen molar-refractivity contribution in [3.63, 3.8) is 0 Å². The Kier molecular flexibility index (Phi) is 5.50. The molecule has 0 aliphatic rings. The van der Waals surface area contributed by atoms with Crippen molar-refractivity contribution in [3.8, 4) is 0 Å². The molecule has 0 aliphatic carbocycles. The number of rotatable bonds is 5. The third-order valence-electron chi connectivity index (χ3n) is 2.44. The lowest BCUT2D eigenvalue weighted by atomic mass is 10.1. The van der Waals surface area contributed by atoms with E-state index in [1.807, 2.05) is 19.6 Å². The van der Waals surface area contributed by atoms with E-state index in [1.165, 1.54) is 12.1 Å². The van der Waals surface area contributed by atoms with Crippen LogP contribution in [0.3, 0.4) is 0 Å². The second-order valence-electron chi connectivity index (χ2n) is 5.40. The maximum absolute atomic E-state index is 13.0. The van der Waals surface area contributed by atoms with Gasteiger partial charge in [-0.25, -0.2) is 9.18 Å². The summed E-state index contributed by atoms with van der Waals surface area (Å²) in [6.07, 6.45) is 0. The molecule has 1 aromatic carbocycles. The molecule has 0 radical (unpaired) electrons. The van der Waals surface area contributed by atoms with Gasteiger partial charge < -0.3 is 9.16 Å². The van der Waals surface area contributed by atoms with Gasteiger partial charge in [-0.1, -0.05) is 0 Å². The van der Waals surface area contributed by atoms with Crippen molar-refractivity contribution in [1.29, 1.82) is 0 Å². The summed E-state index contributed by atoms with van der Waals surface area (Å²) in [4.78, 5) is 11.9. The van der Waals surface area contributed by atoms with E-state index >= 15 is 0 Å². The summed E-state index contributed by atoms with van der Waals surface area (Å²) in [6.45, 7) is 9.79. The van der Waals surface area contributed by atoms with Crippen LogP contribution in [0.25, 0.3) is 5.76 Å². The molecule has 0 aromatic heterocycles. The lowest BCUT2D eigenvalue weighted by molar-refractivity contribution is -0.138. The van der Waals surface area contributed by atoms with Crippen LogP contribution in [0.1, 0.15) is 19.4 Å². The summed E-state index contributed by atoms with van der Waals surface area (Å²) in [6, 6.07) is 5.91. The molecule has 0 amide bonds. The quantitative estimate of drug-likeness (QED) is 0.357. The molecule has 3 nitrogen and oxygen atoms in total. The predicted octanol–water partition coefficient (Wildman–Crippen LogP) is 3.97. The van der Waals surface area contributed by atoms with Gasteiger partial charge in [0, 0.05) is 5.56 Å². The van der Waals surface area contributed by atoms with Gasteiger partial charge in [-0.3, -0.25) is 0 Å². The molecule has 0 fully saturated rings. The highest BCUT2D eigenvalue weighted by Gasteiger charge is 2.23. The van der Waals surface area contributed by atoms with Crippen LogP contribution < -0.4 is 0 Å². The van der Waals surface area contributed by atoms with E-state index in [2.05, 4.69) is 0 Å². The summed E-state index contributed by atoms with van der Waals surface area (Å²) in [5.74, 6) is -0.261. The highest BCUT2D eigenvalue weighted by Crippen LogP contribution is 2.25. The van der Waals surface area contributed by atoms with E-state index in [0.717, 1.165) is 0 Å². The molecule has 110 valence electrons. The van der Waals surface area contributed by atoms with E-state index in [4.69, 9.17) is 9.16 Å². The van der Waals surface area contributed by atoms with Crippen molar-refractivity contribution in [1.82, 2.24) is 0 Å². The van der Waals surface area contributed by atoms with Crippen LogP contribution in [0.15, 0.2) is 29.8 Å². The number of esters is 1. The average molecular weight is 296 g/mol. The molecule has 0 saturated heterocycles. The average Bonchev–Trinajstić information content (AvgIpc) is 2.35. The zero-order chi connectivity index (χ0) is 15.3. The Morgan fingerprint density at radius 3 is 2.20 bits per heavy atom. The Labute approximate surface area is 120 Å². The van der Waals surface area contributed by atoms with Crippen LogP contribution in [0, 0.1) is 5.82 Å². The van der Waals surface area contributed by atoms with E-state index < -0.39 is 14.3 Å². The molecular formula is C15H21FO3Si. The first-order valence-corrected chi connectivity index (χ1v) is 9.98. The van der Waals surface area contributed by atoms with Crippen molar-refractivity contribution in [2.24, 2.45) is 0 Å². The van der Waals surface area contributed by atoms with E-state index in [-0.39, 0.29) is 5.82 Å². The van der Waals surface area contributed by atoms with Crippen LogP contribution in [0.5, 0.6) is 0 Å². The van der Waals surface area contributed by atoms with Gasteiger partial charge in [-0.05, 0) is 57.8 Å². The Balaban J connectivity index is 3.24. The Bertz CT molecular complexity index is 501. The molecule has 0 unspecified atom stereocenters. The minimum Gasteiger partial charge on any atom is -0.544 e. The summed E-state index contributed by atoms with van der Waals surface area (Å²) in [5, 5.41) is 0. The number of carbonyl (C=O) groups excluding carboxylic acids is 1. The molecule has 0 N–H and O–H groups in total. The SMILES string of the molecule is CCOC(=O)/C(C)=C(/O[Si](C)(C)C)c1ccc(F)cc1. The zero-order valence-corrected chi connectivity index (χ0v) is 13.6. The minimum atomic E-state index is -1.91. The molecular weight excluding hydrogens is 275 g/mol. The number of halogens is 1. The van der Waals surface area contributed by atoms with Crippen LogP contribution in [-0.4, -0.2) is 20.9 Å². The Morgan fingerprint density at radius 1 is 1.20 bits per heavy atom. The second kappa shape index (κ2) is 6.70. The van der Waals surface area contributed by atoms with Gasteiger partial charge in [-0.2, -0.15) is 0 Å². The monoisotopic (exact) mass is 296 g/mol. The molecule has 1 aromatic rings. The first-order chi connectivity index (χ1) is 9.24. The maximum Gasteiger partial charge on any atom is 0.337 e. The van der Waals surface area contributed by atoms with Crippen molar-refractivity contribution in [2.75, 3.05) is 6.61 Å². The third kappa shape index (κ3) is 4.81. The van der Waals surface area contributed by atoms with Crippen LogP contribution >= 0.6 is 0 Å². The number of hydrogen-bond donors (Lipinski definition) is 0. The highest BCUT2D eigenvalue weighted by atomic mass is 28.4. The van der Waals surface area contributed by atoms with Crippen molar-refractivity contribution in [3.05, 3.63) is 41.2 Å². The molecule has 1 rings (SSSR count). The lowest BCUT2D eigenvalue weighted by Gasteiger charge is -2.23. The van der Waals surface area contributed by atoms with Gasteiger partial charge in [0.25, 0.3) is 0 Å². The van der Waals surface area contributed by atoms with Gasteiger partial charge in [0.1, 0.15) is 11.6 Å². The van der Waals surface area contributed by atoms with Crippen LogP contribution in [-0.2, 0) is 14.0 Å². The standard InChI is InChI=1S/C15H21FO3Si/c1-6-18-15(17)11(2)14(19-20(3,4)5)12-7-9-13(16)10-8-12/h7-10H,6H2,1-5H3/b14-11+. The highest BCUT2D eigenvalue weighted by molar-refractivity contribution is 6.70. The van der Waals surface area contributed by atoms with Crippen molar-refractivity contribution < 1.29 is 18.3 Å². The molecule has 0 saturated carbocycles. The number of benzene rings is 1. The molecule has 20 heavy (non-hydrogen) atoms. The Hall–Kier alpha value is -1.62. The largest absolute Gasteiger partial charge is 0.544 e. The molecule has 5 heteroatoms. The van der Waals surface area contributed by atoms with E-state index in [1.54, 1.807) is 26.0 Å². The van der Waals surface area contributed by atoms with Gasteiger partial charge in [-0.15, -0.1) is 0 Å². The summed E-state index contributed by atoms with van der Waals surface area (Å²) >= 11 is 0. The van der Waals surface area contributed by atoms with Gasteiger partial charge in [0.15, 0.2) is 0 Å². The minimum absolute atomic E-state index is 0.305. The molecule has 0 bridgehead atoms. The number of ether oxygens (including phenoxy) is 1. The fraction of sp³-hybridized carbons (Fsp3) is 0.400. The maximum atomic E-state index is 13.0. The van der Waals surface area contributed by atoms with Crippen LogP contribution in [0.2, 0.25) is 19.6 Å². The molecule has 0 heterocycles. The summed E-state index contributed by atoms with van der Waals surface area (Å²) < 4.78 is 24.0. The Morgan fingerprint density at radius 2 is 1.75 bits per heavy atom. The third-order valence-corrected chi connectivity index (χ3v) is 3.25. The fourth-order valence-corrected chi connectivity index (χ4v) is 2.47. The lowest BCUT2D eigenvalue weighted by Crippen LogP contribution is -2.25. The molecule has 0 atom stereocenters. The van der Waals surface area contributed by atoms with Gasteiger partial charge in [0.05, 0.1) is 12.2 Å². The number of hydrogen-bond acceptors (Lipinski definition) is 3. The summed E-state index contributed by atoms with van der Waals surface area (Å²) in [5.41, 5.74) is 1.08. The van der Waals surface area contributed by atoms with Crippen molar-refractivity contribution in [2.45, 2.75) is 33.5 Å². The fourth-order valence-electron chi connectivity index (χ4n) is 1.59. The molecule has 0 spiro atoms.